The maximum atomic E-state index is 7.20. The molecule has 5 heteroatoms. The molecule has 0 aliphatic carbocycles. The van der Waals surface area contributed by atoms with Gasteiger partial charge in [-0.05, 0) is 133 Å². The zero-order valence-electron chi connectivity index (χ0n) is 46.7. The molecule has 0 radical (unpaired) electrons. The van der Waals surface area contributed by atoms with Gasteiger partial charge in [0.05, 0.1) is 28.1 Å². The molecule has 0 N–H and O–H groups in total. The Balaban J connectivity index is 1.15. The Morgan fingerprint density at radius 1 is 0.493 bits per heavy atom. The third-order valence-corrected chi connectivity index (χ3v) is 15.6. The van der Waals surface area contributed by atoms with Gasteiger partial charge in [0, 0.05) is 40.1 Å². The summed E-state index contributed by atoms with van der Waals surface area (Å²) in [5.74, 6) is 2.96. The molecule has 0 saturated heterocycles. The average Bonchev–Trinajstić information content (AvgIpc) is 4.00. The molecule has 5 nitrogen and oxygen atoms in total. The van der Waals surface area contributed by atoms with E-state index >= 15 is 0 Å². The van der Waals surface area contributed by atoms with E-state index in [9.17, 15) is 0 Å². The molecule has 0 aliphatic rings. The summed E-state index contributed by atoms with van der Waals surface area (Å²) in [6.45, 7) is 32.2. The molecular weight excluding hydrogens is 913 g/mol. The quantitative estimate of drug-likeness (QED) is 0.0903. The summed E-state index contributed by atoms with van der Waals surface area (Å²) < 4.78 is 14.0. The topological polar surface area (TPSA) is 35.9 Å². The molecule has 10 aromatic rings. The second-order valence-corrected chi connectivity index (χ2v) is 24.4. The van der Waals surface area contributed by atoms with E-state index in [0.29, 0.717) is 11.8 Å². The third kappa shape index (κ3) is 9.74. The summed E-state index contributed by atoms with van der Waals surface area (Å²) in [5, 5.41) is 2.31. The molecule has 3 aromatic heterocycles. The van der Waals surface area contributed by atoms with Crippen molar-refractivity contribution in [1.29, 1.82) is 0 Å². The van der Waals surface area contributed by atoms with Gasteiger partial charge in [0.15, 0.2) is 0 Å². The number of ether oxygens (including phenoxy) is 1. The van der Waals surface area contributed by atoms with E-state index < -0.39 is 0 Å². The first-order valence-electron chi connectivity index (χ1n) is 26.9. The van der Waals surface area contributed by atoms with Gasteiger partial charge in [-0.25, -0.2) is 4.98 Å². The van der Waals surface area contributed by atoms with Gasteiger partial charge in [-0.1, -0.05) is 200 Å². The standard InChI is InChI=1S/C70H74N4O/c1-46(2)58-29-23-30-59(47(3)4)66(58)48-36-54(72-44-64(68(8,9)10)73(45-72)55-39-52(67(5,6)7)38-53(40-55)70(13,14)50-26-19-16-20-27-50)42-57(37-48)75-56-32-33-61-60-28-21-22-31-62(60)74(63(61)43-56)65-41-51(34-35-71-65)69(11,12)49-24-17-15-18-25-49/h15-44,46-47H,1-14H3. The van der Waals surface area contributed by atoms with Crippen molar-refractivity contribution >= 4 is 21.8 Å². The van der Waals surface area contributed by atoms with Crippen LogP contribution in [0.3, 0.4) is 0 Å². The second-order valence-electron chi connectivity index (χ2n) is 24.4. The van der Waals surface area contributed by atoms with Gasteiger partial charge < -0.3 is 4.74 Å². The van der Waals surface area contributed by atoms with Gasteiger partial charge >= 0.3 is 0 Å². The maximum absolute atomic E-state index is 7.20. The Hall–Kier alpha value is -7.50. The normalized spacial score (nSPS) is 12.6. The average molecular weight is 987 g/mol. The largest absolute Gasteiger partial charge is 0.458 e. The van der Waals surface area contributed by atoms with Gasteiger partial charge in [-0.2, -0.15) is 0 Å². The fourth-order valence-electron chi connectivity index (χ4n) is 10.9. The number of hydrogen-bond donors (Lipinski definition) is 0. The Kier molecular flexibility index (Phi) is 13.1. The van der Waals surface area contributed by atoms with Crippen LogP contribution in [0.15, 0.2) is 182 Å². The van der Waals surface area contributed by atoms with Crippen LogP contribution < -0.4 is 9.30 Å². The van der Waals surface area contributed by atoms with Crippen LogP contribution in [0.4, 0.5) is 0 Å². The van der Waals surface area contributed by atoms with Crippen LogP contribution >= 0.6 is 0 Å². The summed E-state index contributed by atoms with van der Waals surface area (Å²) in [7, 11) is 0. The maximum Gasteiger partial charge on any atom is 0.269 e. The highest BCUT2D eigenvalue weighted by atomic mass is 16.5. The molecule has 380 valence electrons. The number of rotatable bonds is 12. The molecule has 0 spiro atoms. The Bertz CT molecular complexity index is 3680. The van der Waals surface area contributed by atoms with E-state index in [1.807, 2.05) is 6.20 Å². The zero-order chi connectivity index (χ0) is 53.2. The lowest BCUT2D eigenvalue weighted by Gasteiger charge is -2.30. The highest BCUT2D eigenvalue weighted by Crippen LogP contribution is 2.42. The SMILES string of the molecule is CC(C)c1cccc(C(C)C)c1-c1cc(Oc2ccc3c4ccccc4n(-c4cc(C(C)(C)c5ccccc5)ccn4)c3c2)cc(-n2[c-][n+](-c3cc(C(C)(C)C)cc(C(C)(C)c4ccccc4)c3)c(C(C)(C)C)c2)c1. The molecule has 0 atom stereocenters. The fourth-order valence-corrected chi connectivity index (χ4v) is 10.9. The smallest absolute Gasteiger partial charge is 0.269 e. The van der Waals surface area contributed by atoms with Crippen LogP contribution in [-0.4, -0.2) is 14.1 Å². The summed E-state index contributed by atoms with van der Waals surface area (Å²) >= 11 is 0. The Morgan fingerprint density at radius 2 is 1.09 bits per heavy atom. The van der Waals surface area contributed by atoms with E-state index in [1.165, 1.54) is 49.9 Å². The van der Waals surface area contributed by atoms with Crippen molar-refractivity contribution in [2.45, 2.75) is 130 Å². The monoisotopic (exact) mass is 987 g/mol. The summed E-state index contributed by atoms with van der Waals surface area (Å²) in [5.41, 5.74) is 15.8. The number of para-hydroxylation sites is 1. The van der Waals surface area contributed by atoms with Crippen molar-refractivity contribution in [3.05, 3.63) is 233 Å². The van der Waals surface area contributed by atoms with Gasteiger partial charge in [-0.15, -0.1) is 0 Å². The number of nitrogens with zero attached hydrogens (tertiary/aromatic N) is 4. The summed E-state index contributed by atoms with van der Waals surface area (Å²) in [4.78, 5) is 5.05. The molecule has 0 bridgehead atoms. The molecule has 75 heavy (non-hydrogen) atoms. The van der Waals surface area contributed by atoms with Crippen molar-refractivity contribution in [3.8, 4) is 39.8 Å². The third-order valence-electron chi connectivity index (χ3n) is 15.6. The lowest BCUT2D eigenvalue weighted by Crippen LogP contribution is -2.39. The lowest BCUT2D eigenvalue weighted by molar-refractivity contribution is -0.611. The van der Waals surface area contributed by atoms with E-state index in [1.54, 1.807) is 0 Å². The van der Waals surface area contributed by atoms with Crippen molar-refractivity contribution in [3.63, 3.8) is 0 Å². The second kappa shape index (κ2) is 19.3. The highest BCUT2D eigenvalue weighted by molar-refractivity contribution is 6.09. The number of aromatic nitrogens is 4. The van der Waals surface area contributed by atoms with Crippen LogP contribution in [0.2, 0.25) is 0 Å². The van der Waals surface area contributed by atoms with Crippen LogP contribution in [0.1, 0.15) is 153 Å². The van der Waals surface area contributed by atoms with E-state index in [4.69, 9.17) is 9.72 Å². The van der Waals surface area contributed by atoms with Crippen LogP contribution in [0.25, 0.3) is 50.1 Å². The number of fused-ring (bicyclic) bond motifs is 3. The first kappa shape index (κ1) is 51.0. The van der Waals surface area contributed by atoms with E-state index in [2.05, 4.69) is 293 Å². The summed E-state index contributed by atoms with van der Waals surface area (Å²) in [6, 6.07) is 61.8. The lowest BCUT2D eigenvalue weighted by atomic mass is 9.75. The number of hydrogen-bond acceptors (Lipinski definition) is 2. The Labute approximate surface area is 446 Å². The fraction of sp³-hybridized carbons (Fsp3) is 0.286. The highest BCUT2D eigenvalue weighted by Gasteiger charge is 2.30. The van der Waals surface area contributed by atoms with Gasteiger partial charge in [0.25, 0.3) is 6.33 Å². The minimum atomic E-state index is -0.238. The van der Waals surface area contributed by atoms with Crippen LogP contribution in [0.5, 0.6) is 11.5 Å². The van der Waals surface area contributed by atoms with Gasteiger partial charge in [0.2, 0.25) is 0 Å². The molecular formula is C70H74N4O. The van der Waals surface area contributed by atoms with E-state index in [-0.39, 0.29) is 21.7 Å². The van der Waals surface area contributed by atoms with Gasteiger partial charge in [0.1, 0.15) is 17.3 Å². The molecule has 0 saturated carbocycles. The molecule has 0 fully saturated rings. The zero-order valence-corrected chi connectivity index (χ0v) is 46.7. The number of pyridine rings is 1. The first-order chi connectivity index (χ1) is 35.6. The van der Waals surface area contributed by atoms with E-state index in [0.717, 1.165) is 56.4 Å². The first-order valence-corrected chi connectivity index (χ1v) is 26.9. The van der Waals surface area contributed by atoms with Crippen LogP contribution in [-0.2, 0) is 21.7 Å². The minimum Gasteiger partial charge on any atom is -0.458 e. The summed E-state index contributed by atoms with van der Waals surface area (Å²) in [6.07, 6.45) is 8.14. The molecule has 7 aromatic carbocycles. The molecule has 10 rings (SSSR count). The molecule has 0 amide bonds. The van der Waals surface area contributed by atoms with Crippen molar-refractivity contribution in [2.24, 2.45) is 0 Å². The molecule has 3 heterocycles. The van der Waals surface area contributed by atoms with Crippen molar-refractivity contribution < 1.29 is 9.30 Å². The molecule has 0 aliphatic heterocycles. The predicted octanol–water partition coefficient (Wildman–Crippen LogP) is 18.0. The minimum absolute atomic E-state index is 0.0851. The molecule has 0 unspecified atom stereocenters. The number of imidazole rings is 1. The van der Waals surface area contributed by atoms with Gasteiger partial charge in [-0.3, -0.25) is 13.7 Å². The number of benzene rings is 7. The van der Waals surface area contributed by atoms with Crippen molar-refractivity contribution in [1.82, 2.24) is 14.1 Å². The predicted molar refractivity (Wildman–Crippen MR) is 313 cm³/mol. The van der Waals surface area contributed by atoms with Crippen molar-refractivity contribution in [2.75, 3.05) is 0 Å². The van der Waals surface area contributed by atoms with Crippen LogP contribution in [0, 0.1) is 6.33 Å². The Morgan fingerprint density at radius 3 is 1.72 bits per heavy atom.